The molecule has 2 rings (SSSR count). The Morgan fingerprint density at radius 1 is 1.37 bits per heavy atom. The van der Waals surface area contributed by atoms with Crippen molar-refractivity contribution in [1.82, 2.24) is 10.6 Å². The van der Waals surface area contributed by atoms with Crippen molar-refractivity contribution in [3.8, 4) is 5.69 Å². The van der Waals surface area contributed by atoms with Gasteiger partial charge in [-0.2, -0.15) is 0 Å². The number of unbranched alkanes of at least 4 members (excludes halogenated alkanes) is 1. The van der Waals surface area contributed by atoms with Gasteiger partial charge in [-0.1, -0.05) is 31.5 Å². The molecule has 2 N–H and O–H groups in total. The van der Waals surface area contributed by atoms with Crippen molar-refractivity contribution in [2.24, 2.45) is 0 Å². The smallest absolute Gasteiger partial charge is 0.321 e. The molecular weight excluding hydrogens is 244 g/mol. The number of nitrogens with zero attached hydrogens (tertiary/aromatic N) is 2. The Morgan fingerprint density at radius 2 is 2.16 bits per heavy atom. The number of nitrogens with one attached hydrogen (secondary N) is 2. The number of urea groups is 1. The van der Waals surface area contributed by atoms with Gasteiger partial charge in [0.05, 0.1) is 0 Å². The number of benzene rings is 1. The van der Waals surface area contributed by atoms with Crippen LogP contribution in [0.4, 0.5) is 10.7 Å². The van der Waals surface area contributed by atoms with E-state index in [0.717, 1.165) is 18.5 Å². The van der Waals surface area contributed by atoms with Crippen molar-refractivity contribution in [1.29, 1.82) is 0 Å². The minimum atomic E-state index is -0.287. The minimum absolute atomic E-state index is 0.287. The molecule has 0 bridgehead atoms. The molecule has 1 aromatic heterocycles. The molecule has 0 aliphatic carbocycles. The van der Waals surface area contributed by atoms with Crippen LogP contribution in [0.5, 0.6) is 0 Å². The van der Waals surface area contributed by atoms with Crippen molar-refractivity contribution < 1.29 is 14.0 Å². The number of anilines is 1. The second kappa shape index (κ2) is 6.53. The zero-order valence-corrected chi connectivity index (χ0v) is 10.8. The summed E-state index contributed by atoms with van der Waals surface area (Å²) in [6.07, 6.45) is 3.61. The molecule has 19 heavy (non-hydrogen) atoms. The molecule has 0 aliphatic rings. The zero-order valence-electron chi connectivity index (χ0n) is 10.8. The highest BCUT2D eigenvalue weighted by Crippen LogP contribution is 2.03. The van der Waals surface area contributed by atoms with Crippen LogP contribution in [0.25, 0.3) is 5.69 Å². The highest BCUT2D eigenvalue weighted by atomic mass is 16.5. The number of carbonyl (C=O) groups is 1. The minimum Gasteiger partial charge on any atom is -0.338 e. The van der Waals surface area contributed by atoms with E-state index in [-0.39, 0.29) is 6.03 Å². The molecule has 6 nitrogen and oxygen atoms in total. The predicted molar refractivity (Wildman–Crippen MR) is 70.0 cm³/mol. The molecule has 0 fully saturated rings. The van der Waals surface area contributed by atoms with E-state index in [2.05, 4.69) is 22.8 Å². The van der Waals surface area contributed by atoms with Crippen LogP contribution < -0.4 is 15.3 Å². The van der Waals surface area contributed by atoms with E-state index in [4.69, 9.17) is 4.52 Å². The molecule has 0 spiro atoms. The van der Waals surface area contributed by atoms with Crippen LogP contribution in [-0.2, 0) is 0 Å². The number of hydrogen-bond donors (Lipinski definition) is 2. The number of amides is 2. The topological polar surface area (TPSA) is 71.0 Å². The Morgan fingerprint density at radius 3 is 2.89 bits per heavy atom. The number of hydrogen-bond acceptors (Lipinski definition) is 3. The second-order valence-corrected chi connectivity index (χ2v) is 4.08. The van der Waals surface area contributed by atoms with Gasteiger partial charge in [0.25, 0.3) is 6.20 Å². The summed E-state index contributed by atoms with van der Waals surface area (Å²) >= 11 is 0. The fourth-order valence-corrected chi connectivity index (χ4v) is 1.54. The van der Waals surface area contributed by atoms with Gasteiger partial charge in [0.2, 0.25) is 11.0 Å². The van der Waals surface area contributed by atoms with E-state index in [1.54, 1.807) is 10.9 Å². The molecule has 100 valence electrons. The average Bonchev–Trinajstić information content (AvgIpc) is 2.88. The molecule has 1 aromatic carbocycles. The van der Waals surface area contributed by atoms with E-state index >= 15 is 0 Å². The lowest BCUT2D eigenvalue weighted by molar-refractivity contribution is -0.670. The molecular formula is C13H17N4O2+. The second-order valence-electron chi connectivity index (χ2n) is 4.08. The van der Waals surface area contributed by atoms with Gasteiger partial charge in [-0.25, -0.2) is 4.79 Å². The summed E-state index contributed by atoms with van der Waals surface area (Å²) < 4.78 is 6.59. The molecule has 1 heterocycles. The van der Waals surface area contributed by atoms with E-state index in [1.165, 1.54) is 0 Å². The number of carbonyl (C=O) groups excluding carboxylic acids is 1. The van der Waals surface area contributed by atoms with Gasteiger partial charge in [-0.15, -0.1) is 0 Å². The monoisotopic (exact) mass is 261 g/mol. The summed E-state index contributed by atoms with van der Waals surface area (Å²) in [7, 11) is 0. The third kappa shape index (κ3) is 3.80. The fourth-order valence-electron chi connectivity index (χ4n) is 1.54. The number of aromatic nitrogens is 2. The molecule has 0 saturated carbocycles. The first-order valence-corrected chi connectivity index (χ1v) is 6.28. The molecule has 0 aliphatic heterocycles. The van der Waals surface area contributed by atoms with Crippen LogP contribution in [0, 0.1) is 0 Å². The van der Waals surface area contributed by atoms with Crippen molar-refractivity contribution in [3.05, 3.63) is 36.5 Å². The number of para-hydroxylation sites is 1. The summed E-state index contributed by atoms with van der Waals surface area (Å²) in [5, 5.41) is 9.16. The van der Waals surface area contributed by atoms with Crippen LogP contribution in [0.2, 0.25) is 0 Å². The van der Waals surface area contributed by atoms with Crippen molar-refractivity contribution in [2.45, 2.75) is 19.8 Å². The Kier molecular flexibility index (Phi) is 4.49. The quantitative estimate of drug-likeness (QED) is 0.637. The first-order chi connectivity index (χ1) is 9.29. The van der Waals surface area contributed by atoms with Crippen LogP contribution in [0.15, 0.2) is 41.1 Å². The summed E-state index contributed by atoms with van der Waals surface area (Å²) in [5.41, 5.74) is 0.866. The van der Waals surface area contributed by atoms with Crippen molar-refractivity contribution in [2.75, 3.05) is 11.9 Å². The van der Waals surface area contributed by atoms with Gasteiger partial charge in [-0.05, 0) is 11.1 Å². The van der Waals surface area contributed by atoms with Gasteiger partial charge in [0.15, 0.2) is 0 Å². The Hall–Kier alpha value is -2.37. The standard InChI is InChI=1S/C13H16N4O2/c1-2-3-9-14-13(18)15-12-10-17(16-19-12)11-7-5-4-6-8-11/h4-8,10H,2-3,9H2,1H3,(H-,14,15,16,18)/p+1. The van der Waals surface area contributed by atoms with Crippen LogP contribution >= 0.6 is 0 Å². The normalized spacial score (nSPS) is 10.2. The molecule has 0 saturated heterocycles. The Bertz CT molecular complexity index is 524. The van der Waals surface area contributed by atoms with Crippen LogP contribution in [0.1, 0.15) is 19.8 Å². The average molecular weight is 261 g/mol. The maximum Gasteiger partial charge on any atom is 0.321 e. The lowest BCUT2D eigenvalue weighted by Crippen LogP contribution is -2.32. The van der Waals surface area contributed by atoms with E-state index in [0.29, 0.717) is 12.4 Å². The highest BCUT2D eigenvalue weighted by Gasteiger charge is 2.15. The molecule has 0 atom stereocenters. The molecule has 6 heteroatoms. The van der Waals surface area contributed by atoms with Crippen molar-refractivity contribution in [3.63, 3.8) is 0 Å². The maximum absolute atomic E-state index is 11.5. The van der Waals surface area contributed by atoms with Gasteiger partial charge in [-0.3, -0.25) is 9.84 Å². The zero-order chi connectivity index (χ0) is 13.5. The largest absolute Gasteiger partial charge is 0.338 e. The molecule has 2 amide bonds. The molecule has 0 unspecified atom stereocenters. The third-order valence-electron chi connectivity index (χ3n) is 2.54. The lowest BCUT2D eigenvalue weighted by atomic mass is 10.3. The van der Waals surface area contributed by atoms with Crippen LogP contribution in [-0.4, -0.2) is 17.8 Å². The molecule has 2 aromatic rings. The Balaban J connectivity index is 1.93. The number of rotatable bonds is 5. The van der Waals surface area contributed by atoms with Gasteiger partial charge in [0, 0.05) is 18.7 Å². The first kappa shape index (κ1) is 13.1. The summed E-state index contributed by atoms with van der Waals surface area (Å²) in [5.74, 6) is 0.304. The van der Waals surface area contributed by atoms with Crippen LogP contribution in [0.3, 0.4) is 0 Å². The molecule has 0 radical (unpaired) electrons. The summed E-state index contributed by atoms with van der Waals surface area (Å²) in [6.45, 7) is 2.72. The SMILES string of the molecule is CCCCNC(=O)Nc1c[n+](-c2ccccc2)no1. The third-order valence-corrected chi connectivity index (χ3v) is 2.54. The summed E-state index contributed by atoms with van der Waals surface area (Å²) in [4.78, 5) is 11.5. The van der Waals surface area contributed by atoms with Gasteiger partial charge < -0.3 is 5.32 Å². The highest BCUT2D eigenvalue weighted by molar-refractivity contribution is 5.87. The van der Waals surface area contributed by atoms with Crippen molar-refractivity contribution >= 4 is 11.9 Å². The van der Waals surface area contributed by atoms with E-state index in [9.17, 15) is 4.79 Å². The van der Waals surface area contributed by atoms with E-state index in [1.807, 2.05) is 30.3 Å². The van der Waals surface area contributed by atoms with E-state index < -0.39 is 0 Å². The maximum atomic E-state index is 11.5. The Labute approximate surface area is 111 Å². The van der Waals surface area contributed by atoms with Gasteiger partial charge >= 0.3 is 11.9 Å². The lowest BCUT2D eigenvalue weighted by Gasteiger charge is -2.01. The first-order valence-electron chi connectivity index (χ1n) is 6.28. The fraction of sp³-hybridized carbons (Fsp3) is 0.308. The predicted octanol–water partition coefficient (Wildman–Crippen LogP) is 1.87. The summed E-state index contributed by atoms with van der Waals surface area (Å²) in [6, 6.07) is 9.24. The van der Waals surface area contributed by atoms with Gasteiger partial charge in [0.1, 0.15) is 0 Å².